The van der Waals surface area contributed by atoms with Gasteiger partial charge in [0.2, 0.25) is 0 Å². The molecule has 1 aliphatic heterocycles. The van der Waals surface area contributed by atoms with Crippen LogP contribution in [0.3, 0.4) is 0 Å². The van der Waals surface area contributed by atoms with Gasteiger partial charge in [0.25, 0.3) is 5.91 Å². The first-order chi connectivity index (χ1) is 8.67. The Morgan fingerprint density at radius 3 is 3.00 bits per heavy atom. The number of nitrogens with one attached hydrogen (secondary N) is 1. The van der Waals surface area contributed by atoms with Crippen molar-refractivity contribution in [3.63, 3.8) is 0 Å². The van der Waals surface area contributed by atoms with E-state index >= 15 is 0 Å². The average molecular weight is 250 g/mol. The van der Waals surface area contributed by atoms with Crippen LogP contribution in [0.5, 0.6) is 5.75 Å². The molecule has 0 radical (unpaired) electrons. The first-order valence-electron chi connectivity index (χ1n) is 5.88. The van der Waals surface area contributed by atoms with Crippen molar-refractivity contribution in [3.05, 3.63) is 23.8 Å². The molecule has 0 aliphatic carbocycles. The number of rotatable bonds is 4. The van der Waals surface area contributed by atoms with Crippen LogP contribution in [0.1, 0.15) is 11.7 Å². The number of carbonyl (C=O) groups is 1. The SMILES string of the molecule is CNCC(OC)c1ccc2c(c1)N(C)C(=O)CO2. The maximum Gasteiger partial charge on any atom is 0.264 e. The summed E-state index contributed by atoms with van der Waals surface area (Å²) in [5, 5.41) is 3.08. The maximum absolute atomic E-state index is 11.6. The van der Waals surface area contributed by atoms with Gasteiger partial charge in [-0.1, -0.05) is 6.07 Å². The largest absolute Gasteiger partial charge is 0.482 e. The van der Waals surface area contributed by atoms with Crippen molar-refractivity contribution in [2.24, 2.45) is 0 Å². The Kier molecular flexibility index (Phi) is 3.84. The van der Waals surface area contributed by atoms with E-state index < -0.39 is 0 Å². The number of methoxy groups -OCH3 is 1. The lowest BCUT2D eigenvalue weighted by Gasteiger charge is -2.27. The van der Waals surface area contributed by atoms with Gasteiger partial charge in [0.05, 0.1) is 11.8 Å². The summed E-state index contributed by atoms with van der Waals surface area (Å²) in [6.07, 6.45) is -0.0364. The molecule has 0 bridgehead atoms. The van der Waals surface area contributed by atoms with E-state index in [0.29, 0.717) is 6.54 Å². The average Bonchev–Trinajstić information content (AvgIpc) is 2.40. The normalized spacial score (nSPS) is 16.2. The quantitative estimate of drug-likeness (QED) is 0.864. The molecule has 0 fully saturated rings. The molecule has 1 atom stereocenters. The highest BCUT2D eigenvalue weighted by Gasteiger charge is 2.23. The van der Waals surface area contributed by atoms with Crippen LogP contribution in [0.4, 0.5) is 5.69 Å². The molecule has 1 aromatic rings. The van der Waals surface area contributed by atoms with Gasteiger partial charge in [-0.2, -0.15) is 0 Å². The fourth-order valence-electron chi connectivity index (χ4n) is 2.01. The molecule has 1 aromatic carbocycles. The monoisotopic (exact) mass is 250 g/mol. The minimum Gasteiger partial charge on any atom is -0.482 e. The third-order valence-corrected chi connectivity index (χ3v) is 3.12. The molecule has 5 nitrogen and oxygen atoms in total. The van der Waals surface area contributed by atoms with Crippen molar-refractivity contribution in [2.75, 3.05) is 39.3 Å². The van der Waals surface area contributed by atoms with Crippen LogP contribution in [-0.4, -0.2) is 40.3 Å². The fourth-order valence-corrected chi connectivity index (χ4v) is 2.01. The van der Waals surface area contributed by atoms with E-state index in [4.69, 9.17) is 9.47 Å². The van der Waals surface area contributed by atoms with Crippen molar-refractivity contribution in [1.82, 2.24) is 5.32 Å². The van der Waals surface area contributed by atoms with Crippen molar-refractivity contribution < 1.29 is 14.3 Å². The summed E-state index contributed by atoms with van der Waals surface area (Å²) in [5.74, 6) is 0.697. The second kappa shape index (κ2) is 5.37. The van der Waals surface area contributed by atoms with Crippen LogP contribution in [0, 0.1) is 0 Å². The molecule has 5 heteroatoms. The van der Waals surface area contributed by atoms with Gasteiger partial charge in [-0.3, -0.25) is 4.79 Å². The minimum atomic E-state index is -0.0396. The summed E-state index contributed by atoms with van der Waals surface area (Å²) in [6.45, 7) is 0.820. The molecule has 0 spiro atoms. The van der Waals surface area contributed by atoms with E-state index in [9.17, 15) is 4.79 Å². The van der Waals surface area contributed by atoms with E-state index in [-0.39, 0.29) is 18.6 Å². The van der Waals surface area contributed by atoms with Crippen LogP contribution < -0.4 is 15.0 Å². The Labute approximate surface area is 107 Å². The number of fused-ring (bicyclic) bond motifs is 1. The van der Waals surface area contributed by atoms with Gasteiger partial charge in [-0.05, 0) is 24.7 Å². The highest BCUT2D eigenvalue weighted by Crippen LogP contribution is 2.34. The molecule has 0 saturated carbocycles. The van der Waals surface area contributed by atoms with Crippen LogP contribution in [-0.2, 0) is 9.53 Å². The Hall–Kier alpha value is -1.59. The first kappa shape index (κ1) is 12.9. The predicted octanol–water partition coefficient (Wildman–Crippen LogP) is 0.949. The Morgan fingerprint density at radius 1 is 1.56 bits per heavy atom. The number of likely N-dealkylation sites (N-methyl/N-ethyl adjacent to an activating group) is 2. The minimum absolute atomic E-state index is 0.0364. The summed E-state index contributed by atoms with van der Waals surface area (Å²) in [6, 6.07) is 5.79. The molecule has 98 valence electrons. The van der Waals surface area contributed by atoms with E-state index in [1.54, 1.807) is 19.1 Å². The highest BCUT2D eigenvalue weighted by atomic mass is 16.5. The second-order valence-corrected chi connectivity index (χ2v) is 4.25. The predicted molar refractivity (Wildman–Crippen MR) is 69.0 cm³/mol. The number of ether oxygens (including phenoxy) is 2. The zero-order valence-electron chi connectivity index (χ0n) is 10.9. The summed E-state index contributed by atoms with van der Waals surface area (Å²) < 4.78 is 10.8. The topological polar surface area (TPSA) is 50.8 Å². The summed E-state index contributed by atoms with van der Waals surface area (Å²) in [7, 11) is 5.31. The van der Waals surface area contributed by atoms with Crippen molar-refractivity contribution >= 4 is 11.6 Å². The van der Waals surface area contributed by atoms with Gasteiger partial charge < -0.3 is 19.7 Å². The van der Waals surface area contributed by atoms with E-state index in [1.807, 2.05) is 25.2 Å². The molecule has 2 rings (SSSR count). The van der Waals surface area contributed by atoms with Crippen LogP contribution in [0.25, 0.3) is 0 Å². The van der Waals surface area contributed by atoms with Crippen molar-refractivity contribution in [1.29, 1.82) is 0 Å². The molecule has 1 aliphatic rings. The maximum atomic E-state index is 11.6. The van der Waals surface area contributed by atoms with Gasteiger partial charge in [0, 0.05) is 20.7 Å². The molecule has 1 unspecified atom stereocenters. The van der Waals surface area contributed by atoms with Crippen LogP contribution in [0.15, 0.2) is 18.2 Å². The highest BCUT2D eigenvalue weighted by molar-refractivity contribution is 5.97. The van der Waals surface area contributed by atoms with Gasteiger partial charge in [-0.15, -0.1) is 0 Å². The van der Waals surface area contributed by atoms with Crippen molar-refractivity contribution in [2.45, 2.75) is 6.10 Å². The summed E-state index contributed by atoms with van der Waals surface area (Å²) in [4.78, 5) is 13.2. The van der Waals surface area contributed by atoms with Crippen molar-refractivity contribution in [3.8, 4) is 5.75 Å². The van der Waals surface area contributed by atoms with Crippen LogP contribution >= 0.6 is 0 Å². The zero-order chi connectivity index (χ0) is 13.1. The molecule has 0 saturated heterocycles. The van der Waals surface area contributed by atoms with Crippen LogP contribution in [0.2, 0.25) is 0 Å². The number of carbonyl (C=O) groups excluding carboxylic acids is 1. The number of hydrogen-bond donors (Lipinski definition) is 1. The molecule has 1 heterocycles. The molecular formula is C13H18N2O3. The Bertz CT molecular complexity index is 448. The lowest BCUT2D eigenvalue weighted by atomic mass is 10.1. The fraction of sp³-hybridized carbons (Fsp3) is 0.462. The van der Waals surface area contributed by atoms with Gasteiger partial charge >= 0.3 is 0 Å². The third-order valence-electron chi connectivity index (χ3n) is 3.12. The number of benzene rings is 1. The third kappa shape index (κ3) is 2.32. The Balaban J connectivity index is 2.33. The standard InChI is InChI=1S/C13H18N2O3/c1-14-7-12(17-3)9-4-5-11-10(6-9)15(2)13(16)8-18-11/h4-6,12,14H,7-8H2,1-3H3. The number of nitrogens with zero attached hydrogens (tertiary/aromatic N) is 1. The van der Waals surface area contributed by atoms with Gasteiger partial charge in [0.1, 0.15) is 5.75 Å². The van der Waals surface area contributed by atoms with E-state index in [1.165, 1.54) is 0 Å². The second-order valence-electron chi connectivity index (χ2n) is 4.25. The first-order valence-corrected chi connectivity index (χ1v) is 5.88. The van der Waals surface area contributed by atoms with Gasteiger partial charge in [0.15, 0.2) is 6.61 Å². The smallest absolute Gasteiger partial charge is 0.264 e. The lowest BCUT2D eigenvalue weighted by Crippen LogP contribution is -2.35. The Morgan fingerprint density at radius 2 is 2.33 bits per heavy atom. The summed E-state index contributed by atoms with van der Waals surface area (Å²) >= 11 is 0. The molecule has 1 N–H and O–H groups in total. The van der Waals surface area contributed by atoms with Gasteiger partial charge in [-0.25, -0.2) is 0 Å². The zero-order valence-corrected chi connectivity index (χ0v) is 10.9. The summed E-state index contributed by atoms with van der Waals surface area (Å²) in [5.41, 5.74) is 1.82. The number of hydrogen-bond acceptors (Lipinski definition) is 4. The van der Waals surface area contributed by atoms with E-state index in [0.717, 1.165) is 17.0 Å². The molecule has 18 heavy (non-hydrogen) atoms. The number of amides is 1. The molecular weight excluding hydrogens is 232 g/mol. The number of anilines is 1. The van der Waals surface area contributed by atoms with E-state index in [2.05, 4.69) is 5.32 Å². The molecule has 1 amide bonds. The molecule has 0 aromatic heterocycles. The lowest BCUT2D eigenvalue weighted by molar-refractivity contribution is -0.120.